The van der Waals surface area contributed by atoms with E-state index in [2.05, 4.69) is 20.4 Å². The van der Waals surface area contributed by atoms with Gasteiger partial charge in [-0.1, -0.05) is 0 Å². The van der Waals surface area contributed by atoms with Crippen LogP contribution in [0.2, 0.25) is 0 Å². The van der Waals surface area contributed by atoms with Gasteiger partial charge in [0.25, 0.3) is 5.56 Å². The number of aliphatic hydroxyl groups is 1. The number of phosphoric acid groups is 2. The van der Waals surface area contributed by atoms with Gasteiger partial charge in [-0.25, -0.2) is 22.6 Å². The molecule has 1 saturated heterocycles. The predicted molar refractivity (Wildman–Crippen MR) is 96.4 cm³/mol. The number of rotatable bonds is 8. The summed E-state index contributed by atoms with van der Waals surface area (Å²) in [7, 11) is -13.7. The number of nitrogens with zero attached hydrogens (tertiary/aromatic N) is 1. The van der Waals surface area contributed by atoms with Gasteiger partial charge in [-0.2, -0.15) is 4.31 Å². The molecule has 5 N–H and O–H groups in total. The number of alkyl halides is 1. The van der Waals surface area contributed by atoms with E-state index in [-0.39, 0.29) is 0 Å². The van der Waals surface area contributed by atoms with Crippen LogP contribution in [-0.2, 0) is 38.8 Å². The third-order valence-corrected chi connectivity index (χ3v) is 8.21. The Bertz CT molecular complexity index is 991. The van der Waals surface area contributed by atoms with Crippen LogP contribution in [0.3, 0.4) is 0 Å². The van der Waals surface area contributed by atoms with Gasteiger partial charge in [-0.3, -0.25) is 14.3 Å². The van der Waals surface area contributed by atoms with Crippen molar-refractivity contribution in [2.75, 3.05) is 6.61 Å². The first-order chi connectivity index (χ1) is 13.1. The Kier molecular flexibility index (Phi) is 7.54. The third-order valence-electron chi connectivity index (χ3n) is 3.59. The highest BCUT2D eigenvalue weighted by Gasteiger charge is 2.55. The molecular weight excluding hydrogens is 484 g/mol. The van der Waals surface area contributed by atoms with Gasteiger partial charge in [0.15, 0.2) is 19.0 Å². The predicted octanol–water partition coefficient (Wildman–Crippen LogP) is -0.728. The van der Waals surface area contributed by atoms with Gasteiger partial charge < -0.3 is 29.0 Å². The van der Waals surface area contributed by atoms with Gasteiger partial charge in [0.05, 0.1) is 6.61 Å². The summed E-state index contributed by atoms with van der Waals surface area (Å²) >= 11 is 4.63. The Labute approximate surface area is 166 Å². The molecule has 1 aliphatic rings. The number of hydrogen-bond acceptors (Lipinski definition) is 10. The second-order valence-electron chi connectivity index (χ2n) is 5.83. The van der Waals surface area contributed by atoms with Crippen LogP contribution < -0.4 is 11.2 Å². The van der Waals surface area contributed by atoms with E-state index in [1.165, 1.54) is 0 Å². The van der Waals surface area contributed by atoms with E-state index in [0.717, 1.165) is 19.2 Å². The first-order valence-electron chi connectivity index (χ1n) is 7.42. The van der Waals surface area contributed by atoms with Crippen molar-refractivity contribution in [2.45, 2.75) is 31.0 Å². The maximum Gasteiger partial charge on any atom is 0.486 e. The third kappa shape index (κ3) is 6.44. The number of aliphatic hydroxyl groups excluding tert-OH is 1. The molecule has 1 aromatic heterocycles. The Morgan fingerprint density at radius 2 is 2.03 bits per heavy atom. The first kappa shape index (κ1) is 24.7. The minimum absolute atomic E-state index is 0.664. The Hall–Kier alpha value is -0.600. The zero-order chi connectivity index (χ0) is 22.2. The Morgan fingerprint density at radius 3 is 2.59 bits per heavy atom. The molecule has 0 aliphatic carbocycles. The van der Waals surface area contributed by atoms with Crippen molar-refractivity contribution in [1.82, 2.24) is 9.55 Å². The lowest BCUT2D eigenvalue weighted by Gasteiger charge is -2.24. The van der Waals surface area contributed by atoms with Crippen LogP contribution in [0.4, 0.5) is 4.39 Å². The van der Waals surface area contributed by atoms with Crippen LogP contribution in [0.25, 0.3) is 0 Å². The second kappa shape index (κ2) is 8.87. The van der Waals surface area contributed by atoms with Gasteiger partial charge in [0.2, 0.25) is 0 Å². The maximum absolute atomic E-state index is 14.9. The lowest BCUT2D eigenvalue weighted by atomic mass is 9.98. The Balaban J connectivity index is 2.06. The number of hydrogen-bond donors (Lipinski definition) is 5. The van der Waals surface area contributed by atoms with Crippen molar-refractivity contribution < 1.29 is 51.2 Å². The molecule has 19 heteroatoms. The number of nitrogens with one attached hydrogen (secondary N) is 1. The fourth-order valence-electron chi connectivity index (χ4n) is 2.38. The number of halogens is 1. The van der Waals surface area contributed by atoms with Crippen molar-refractivity contribution in [3.8, 4) is 0 Å². The number of ether oxygens (including phenoxy) is 1. The molecule has 14 nitrogen and oxygen atoms in total. The lowest BCUT2D eigenvalue weighted by Crippen LogP contribution is -2.43. The molecule has 0 bridgehead atoms. The smallest absolute Gasteiger partial charge is 0.387 e. The van der Waals surface area contributed by atoms with E-state index in [1.807, 2.05) is 4.98 Å². The van der Waals surface area contributed by atoms with E-state index in [0.29, 0.717) is 4.57 Å². The van der Waals surface area contributed by atoms with E-state index < -0.39 is 64.8 Å². The number of H-pyrrole nitrogens is 1. The molecule has 1 aromatic rings. The van der Waals surface area contributed by atoms with Gasteiger partial charge in [-0.15, -0.1) is 0 Å². The quantitative estimate of drug-likeness (QED) is 0.280. The molecule has 6 atom stereocenters. The number of aromatic amines is 1. The molecule has 1 aliphatic heterocycles. The second-order valence-corrected chi connectivity index (χ2v) is 10.9. The van der Waals surface area contributed by atoms with Gasteiger partial charge in [0.1, 0.15) is 12.2 Å². The first-order valence-corrected chi connectivity index (χ1v) is 12.9. The summed E-state index contributed by atoms with van der Waals surface area (Å²) < 4.78 is 55.6. The molecule has 29 heavy (non-hydrogen) atoms. The van der Waals surface area contributed by atoms with E-state index >= 15 is 0 Å². The normalized spacial score (nSPS) is 30.8. The van der Waals surface area contributed by atoms with Crippen molar-refractivity contribution in [1.29, 1.82) is 0 Å². The summed E-state index contributed by atoms with van der Waals surface area (Å²) in [4.78, 5) is 51.1. The monoisotopic (exact) mass is 500 g/mol. The van der Waals surface area contributed by atoms with Gasteiger partial charge >= 0.3 is 21.3 Å². The summed E-state index contributed by atoms with van der Waals surface area (Å²) in [6.07, 6.45) is -3.95. The zero-order valence-electron chi connectivity index (χ0n) is 14.3. The van der Waals surface area contributed by atoms with E-state index in [1.54, 1.807) is 0 Å². The van der Waals surface area contributed by atoms with Gasteiger partial charge in [0, 0.05) is 12.3 Å². The SMILES string of the molecule is C[C@@]1(F)[C@H](O)C(CO[PH](=S)OP(=O)(O)OP(=O)(O)O)O[C@H]1n1ccc(=O)[nH]c1=O. The highest BCUT2D eigenvalue weighted by Crippen LogP contribution is 2.62. The standard InChI is InChI=1S/C10H16FN2O12P3S/c1-10(11)7(15)5(23-8(10)13-3-2-6(14)12-9(13)16)4-22-26(29)24-28(20,21)25-27(17,18)19/h2-3,5,7-8,15,26H,4H2,1H3,(H,20,21)(H,12,14,16)(H2,17,18,19)/t5?,7-,8-,10-/m1/s1. The highest BCUT2D eigenvalue weighted by molar-refractivity contribution is 8.02. The average Bonchev–Trinajstić information content (AvgIpc) is 2.73. The average molecular weight is 500 g/mol. The van der Waals surface area contributed by atoms with E-state index in [4.69, 9.17) is 19.0 Å². The summed E-state index contributed by atoms with van der Waals surface area (Å²) in [6.45, 7) is 0.273. The van der Waals surface area contributed by atoms with Crippen molar-refractivity contribution in [3.05, 3.63) is 33.1 Å². The molecule has 0 saturated carbocycles. The minimum atomic E-state index is -5.36. The topological polar surface area (TPSA) is 207 Å². The van der Waals surface area contributed by atoms with Crippen LogP contribution in [-0.4, -0.2) is 53.8 Å². The fraction of sp³-hybridized carbons (Fsp3) is 0.600. The van der Waals surface area contributed by atoms with E-state index in [9.17, 15) is 33.1 Å². The van der Waals surface area contributed by atoms with Crippen molar-refractivity contribution >= 4 is 34.6 Å². The molecule has 2 heterocycles. The molecule has 0 amide bonds. The number of aromatic nitrogens is 2. The van der Waals surface area contributed by atoms with Crippen LogP contribution in [0, 0.1) is 0 Å². The van der Waals surface area contributed by atoms with Crippen molar-refractivity contribution in [3.63, 3.8) is 0 Å². The molecule has 0 spiro atoms. The maximum atomic E-state index is 14.9. The van der Waals surface area contributed by atoms with Crippen molar-refractivity contribution in [2.24, 2.45) is 0 Å². The van der Waals surface area contributed by atoms with Gasteiger partial charge in [-0.05, 0) is 18.7 Å². The molecule has 2 rings (SSSR count). The summed E-state index contributed by atoms with van der Waals surface area (Å²) in [5, 5.41) is 10.1. The van der Waals surface area contributed by atoms with Crippen LogP contribution in [0.5, 0.6) is 0 Å². The van der Waals surface area contributed by atoms with Crippen LogP contribution in [0.15, 0.2) is 21.9 Å². The zero-order valence-corrected chi connectivity index (χ0v) is 17.9. The largest absolute Gasteiger partial charge is 0.486 e. The fourth-order valence-corrected chi connectivity index (χ4v) is 6.21. The summed E-state index contributed by atoms with van der Waals surface area (Å²) in [5.74, 6) is 0. The molecular formula is C10H16FN2O12P3S. The molecule has 0 aromatic carbocycles. The molecule has 3 unspecified atom stereocenters. The minimum Gasteiger partial charge on any atom is -0.387 e. The molecule has 1 fully saturated rings. The summed E-state index contributed by atoms with van der Waals surface area (Å²) in [6, 6.07) is 0.940. The van der Waals surface area contributed by atoms with Crippen LogP contribution in [0.1, 0.15) is 13.2 Å². The van der Waals surface area contributed by atoms with Crippen LogP contribution >= 0.6 is 22.8 Å². The Morgan fingerprint density at radius 1 is 1.41 bits per heavy atom. The molecule has 0 radical (unpaired) electrons. The summed E-state index contributed by atoms with van der Waals surface area (Å²) in [5.41, 5.74) is -4.24. The molecule has 166 valence electrons. The highest BCUT2D eigenvalue weighted by atomic mass is 32.4. The lowest BCUT2D eigenvalue weighted by molar-refractivity contribution is -0.0581.